The summed E-state index contributed by atoms with van der Waals surface area (Å²) in [6.45, 7) is 9.19. The highest BCUT2D eigenvalue weighted by molar-refractivity contribution is 5.42. The standard InChI is InChI=1S/C29H39N5O3/c1-20(2)21-7-9-23(10-8-21)29(36,28(3)18-33(4)19-28)24-14-22(15-30-16-24)25-6-5-13-37-27(25)26-17-34(11-12-35)32-31-26/h7-10,14-17,20,25,27,35-36H,5-6,11-13,18-19H2,1-4H3/t25?,27?,29-/m0/s1. The van der Waals surface area contributed by atoms with Crippen molar-refractivity contribution in [3.05, 3.63) is 76.9 Å². The lowest BCUT2D eigenvalue weighted by Gasteiger charge is -2.56. The highest BCUT2D eigenvalue weighted by Crippen LogP contribution is 2.51. The summed E-state index contributed by atoms with van der Waals surface area (Å²) in [7, 11) is 2.09. The molecular formula is C29H39N5O3. The second-order valence-corrected chi connectivity index (χ2v) is 11.4. The Hall–Kier alpha value is -2.65. The van der Waals surface area contributed by atoms with E-state index >= 15 is 0 Å². The van der Waals surface area contributed by atoms with Gasteiger partial charge in [-0.1, -0.05) is 50.3 Å². The molecule has 1 aromatic carbocycles. The molecule has 198 valence electrons. The van der Waals surface area contributed by atoms with Crippen LogP contribution in [0.4, 0.5) is 0 Å². The first-order valence-corrected chi connectivity index (χ1v) is 13.3. The summed E-state index contributed by atoms with van der Waals surface area (Å²) in [5.74, 6) is 0.473. The SMILES string of the molecule is CC(C)c1ccc([C@](O)(c2cncc(C3CCCOC3c3cn(CCO)nn3)c2)C2(C)CN(C)C2)cc1. The Morgan fingerprint density at radius 1 is 1.16 bits per heavy atom. The van der Waals surface area contributed by atoms with Crippen LogP contribution in [-0.4, -0.2) is 68.4 Å². The van der Waals surface area contributed by atoms with Gasteiger partial charge >= 0.3 is 0 Å². The maximum atomic E-state index is 12.6. The number of aliphatic hydroxyl groups excluding tert-OH is 1. The van der Waals surface area contributed by atoms with Gasteiger partial charge in [0.2, 0.25) is 0 Å². The molecule has 3 aromatic rings. The third-order valence-electron chi connectivity index (χ3n) is 8.21. The van der Waals surface area contributed by atoms with E-state index in [1.165, 1.54) is 5.56 Å². The van der Waals surface area contributed by atoms with Crippen LogP contribution in [0.2, 0.25) is 0 Å². The average molecular weight is 506 g/mol. The van der Waals surface area contributed by atoms with Gasteiger partial charge in [0.05, 0.1) is 19.3 Å². The molecule has 2 saturated heterocycles. The minimum Gasteiger partial charge on any atom is -0.394 e. The molecule has 0 aliphatic carbocycles. The van der Waals surface area contributed by atoms with Crippen molar-refractivity contribution in [1.82, 2.24) is 24.9 Å². The van der Waals surface area contributed by atoms with Crippen LogP contribution in [0.25, 0.3) is 0 Å². The minimum atomic E-state index is -1.19. The van der Waals surface area contributed by atoms with E-state index in [1.807, 2.05) is 18.6 Å². The molecule has 0 saturated carbocycles. The Kier molecular flexibility index (Phi) is 7.20. The first-order chi connectivity index (χ1) is 17.7. The van der Waals surface area contributed by atoms with Crippen molar-refractivity contribution >= 4 is 0 Å². The lowest BCUT2D eigenvalue weighted by molar-refractivity contribution is -0.127. The molecule has 0 amide bonds. The van der Waals surface area contributed by atoms with E-state index in [9.17, 15) is 10.2 Å². The molecule has 5 rings (SSSR count). The lowest BCUT2D eigenvalue weighted by Crippen LogP contribution is -2.63. The van der Waals surface area contributed by atoms with E-state index in [1.54, 1.807) is 4.68 Å². The molecule has 8 heteroatoms. The molecule has 2 aliphatic rings. The maximum Gasteiger partial charge on any atom is 0.124 e. The monoisotopic (exact) mass is 505 g/mol. The van der Waals surface area contributed by atoms with E-state index in [4.69, 9.17) is 4.74 Å². The summed E-state index contributed by atoms with van der Waals surface area (Å²) in [6.07, 6.45) is 7.20. The fourth-order valence-corrected chi connectivity index (χ4v) is 6.27. The number of aromatic nitrogens is 4. The molecule has 0 radical (unpaired) electrons. The first-order valence-electron chi connectivity index (χ1n) is 13.3. The normalized spacial score (nSPS) is 23.5. The molecule has 4 heterocycles. The maximum absolute atomic E-state index is 12.6. The highest BCUT2D eigenvalue weighted by atomic mass is 16.5. The molecule has 8 nitrogen and oxygen atoms in total. The summed E-state index contributed by atoms with van der Waals surface area (Å²) in [5, 5.41) is 30.4. The van der Waals surface area contributed by atoms with Crippen molar-refractivity contribution in [1.29, 1.82) is 0 Å². The van der Waals surface area contributed by atoms with Crippen LogP contribution in [0.15, 0.2) is 48.9 Å². The van der Waals surface area contributed by atoms with Crippen LogP contribution in [0, 0.1) is 5.41 Å². The van der Waals surface area contributed by atoms with Gasteiger partial charge < -0.3 is 19.8 Å². The van der Waals surface area contributed by atoms with E-state index in [-0.39, 0.29) is 24.0 Å². The van der Waals surface area contributed by atoms with Crippen LogP contribution in [-0.2, 0) is 16.9 Å². The molecule has 3 atom stereocenters. The van der Waals surface area contributed by atoms with E-state index in [0.29, 0.717) is 19.1 Å². The number of nitrogens with zero attached hydrogens (tertiary/aromatic N) is 5. The zero-order valence-corrected chi connectivity index (χ0v) is 22.3. The van der Waals surface area contributed by atoms with Gasteiger partial charge in [0, 0.05) is 49.0 Å². The van der Waals surface area contributed by atoms with Gasteiger partial charge in [-0.2, -0.15) is 0 Å². The Morgan fingerprint density at radius 2 is 1.92 bits per heavy atom. The fourth-order valence-electron chi connectivity index (χ4n) is 6.27. The van der Waals surface area contributed by atoms with E-state index in [0.717, 1.165) is 48.3 Å². The number of benzene rings is 1. The summed E-state index contributed by atoms with van der Waals surface area (Å²) < 4.78 is 7.85. The molecule has 0 spiro atoms. The zero-order chi connectivity index (χ0) is 26.2. The molecule has 37 heavy (non-hydrogen) atoms. The molecule has 2 aromatic heterocycles. The van der Waals surface area contributed by atoms with Crippen molar-refractivity contribution in [3.63, 3.8) is 0 Å². The van der Waals surface area contributed by atoms with Gasteiger partial charge in [-0.15, -0.1) is 5.10 Å². The molecule has 2 N–H and O–H groups in total. The molecule has 2 fully saturated rings. The predicted molar refractivity (Wildman–Crippen MR) is 141 cm³/mol. The third kappa shape index (κ3) is 4.72. The number of likely N-dealkylation sites (tertiary alicyclic amines) is 1. The summed E-state index contributed by atoms with van der Waals surface area (Å²) in [6, 6.07) is 10.6. The quantitative estimate of drug-likeness (QED) is 0.483. The van der Waals surface area contributed by atoms with Gasteiger partial charge in [-0.3, -0.25) is 4.98 Å². The summed E-state index contributed by atoms with van der Waals surface area (Å²) in [4.78, 5) is 6.89. The first kappa shape index (κ1) is 26.0. The minimum absolute atomic E-state index is 0.00834. The molecule has 2 unspecified atom stereocenters. The van der Waals surface area contributed by atoms with E-state index < -0.39 is 5.60 Å². The van der Waals surface area contributed by atoms with Crippen molar-refractivity contribution in [2.75, 3.05) is 33.4 Å². The fraction of sp³-hybridized carbons (Fsp3) is 0.552. The lowest BCUT2D eigenvalue weighted by atomic mass is 9.62. The number of hydrogen-bond donors (Lipinski definition) is 2. The van der Waals surface area contributed by atoms with Crippen LogP contribution >= 0.6 is 0 Å². The van der Waals surface area contributed by atoms with Crippen molar-refractivity contribution in [2.24, 2.45) is 5.41 Å². The number of rotatable bonds is 8. The van der Waals surface area contributed by atoms with Gasteiger partial charge in [0.15, 0.2) is 0 Å². The average Bonchev–Trinajstić information content (AvgIpc) is 3.36. The van der Waals surface area contributed by atoms with Crippen LogP contribution in [0.3, 0.4) is 0 Å². The van der Waals surface area contributed by atoms with Crippen LogP contribution < -0.4 is 0 Å². The van der Waals surface area contributed by atoms with Crippen LogP contribution in [0.1, 0.15) is 79.5 Å². The number of hydrogen-bond acceptors (Lipinski definition) is 7. The smallest absolute Gasteiger partial charge is 0.124 e. The third-order valence-corrected chi connectivity index (χ3v) is 8.21. The Balaban J connectivity index is 1.54. The van der Waals surface area contributed by atoms with E-state index in [2.05, 4.69) is 78.3 Å². The van der Waals surface area contributed by atoms with Gasteiger partial charge in [0.25, 0.3) is 0 Å². The predicted octanol–water partition coefficient (Wildman–Crippen LogP) is 3.61. The zero-order valence-electron chi connectivity index (χ0n) is 22.3. The Bertz CT molecular complexity index is 1200. The number of aliphatic hydroxyl groups is 2. The molecule has 0 bridgehead atoms. The Morgan fingerprint density at radius 3 is 2.59 bits per heavy atom. The van der Waals surface area contributed by atoms with Crippen LogP contribution in [0.5, 0.6) is 0 Å². The Labute approximate surface area is 219 Å². The summed E-state index contributed by atoms with van der Waals surface area (Å²) in [5.41, 5.74) is 3.22. The van der Waals surface area contributed by atoms with Gasteiger partial charge in [-0.05, 0) is 48.6 Å². The van der Waals surface area contributed by atoms with Crippen molar-refractivity contribution < 1.29 is 14.9 Å². The highest BCUT2D eigenvalue weighted by Gasteiger charge is 2.55. The summed E-state index contributed by atoms with van der Waals surface area (Å²) >= 11 is 0. The van der Waals surface area contributed by atoms with Crippen molar-refractivity contribution in [3.8, 4) is 0 Å². The van der Waals surface area contributed by atoms with Gasteiger partial charge in [-0.25, -0.2) is 4.68 Å². The van der Waals surface area contributed by atoms with Crippen molar-refractivity contribution in [2.45, 2.75) is 63.7 Å². The second kappa shape index (κ2) is 10.3. The molecular weight excluding hydrogens is 466 g/mol. The number of pyridine rings is 1. The number of ether oxygens (including phenoxy) is 1. The largest absolute Gasteiger partial charge is 0.394 e. The van der Waals surface area contributed by atoms with Gasteiger partial charge in [0.1, 0.15) is 17.4 Å². The molecule has 2 aliphatic heterocycles. The second-order valence-electron chi connectivity index (χ2n) is 11.4. The topological polar surface area (TPSA) is 96.5 Å².